The van der Waals surface area contributed by atoms with Gasteiger partial charge in [0.15, 0.2) is 5.78 Å². The van der Waals surface area contributed by atoms with Crippen molar-refractivity contribution in [2.75, 3.05) is 0 Å². The predicted molar refractivity (Wildman–Crippen MR) is 73.2 cm³/mol. The van der Waals surface area contributed by atoms with E-state index >= 15 is 0 Å². The number of hydrogen-bond acceptors (Lipinski definition) is 3. The Morgan fingerprint density at radius 1 is 1.33 bits per heavy atom. The molecule has 0 radical (unpaired) electrons. The summed E-state index contributed by atoms with van der Waals surface area (Å²) in [6, 6.07) is 10.5. The van der Waals surface area contributed by atoms with Crippen molar-refractivity contribution in [3.63, 3.8) is 0 Å². The van der Waals surface area contributed by atoms with E-state index in [0.717, 1.165) is 17.8 Å². The van der Waals surface area contributed by atoms with Gasteiger partial charge in [0.1, 0.15) is 0 Å². The van der Waals surface area contributed by atoms with Crippen LogP contribution in [0.4, 0.5) is 0 Å². The SMILES string of the molecule is CC(=O)C=C(C)N1N=C(C)C[C@@H]1c1ccccc1. The first-order valence-electron chi connectivity index (χ1n) is 6.15. The quantitative estimate of drug-likeness (QED) is 0.762. The second-order valence-corrected chi connectivity index (χ2v) is 4.71. The van der Waals surface area contributed by atoms with Crippen LogP contribution in [0.2, 0.25) is 0 Å². The summed E-state index contributed by atoms with van der Waals surface area (Å²) in [5.41, 5.74) is 3.22. The third-order valence-electron chi connectivity index (χ3n) is 3.02. The zero-order chi connectivity index (χ0) is 13.1. The fourth-order valence-corrected chi connectivity index (χ4v) is 2.28. The van der Waals surface area contributed by atoms with Crippen molar-refractivity contribution in [1.82, 2.24) is 5.01 Å². The van der Waals surface area contributed by atoms with Crippen LogP contribution in [0.1, 0.15) is 38.8 Å². The first kappa shape index (κ1) is 12.6. The van der Waals surface area contributed by atoms with E-state index in [4.69, 9.17) is 0 Å². The van der Waals surface area contributed by atoms with Gasteiger partial charge in [-0.1, -0.05) is 30.3 Å². The molecule has 0 saturated heterocycles. The summed E-state index contributed by atoms with van der Waals surface area (Å²) in [5, 5.41) is 6.48. The number of carbonyl (C=O) groups is 1. The molecule has 0 fully saturated rings. The summed E-state index contributed by atoms with van der Waals surface area (Å²) in [6.07, 6.45) is 2.55. The van der Waals surface area contributed by atoms with Crippen LogP contribution < -0.4 is 0 Å². The number of ketones is 1. The predicted octanol–water partition coefficient (Wildman–Crippen LogP) is 3.30. The van der Waals surface area contributed by atoms with Gasteiger partial charge in [0, 0.05) is 23.9 Å². The van der Waals surface area contributed by atoms with Gasteiger partial charge < -0.3 is 0 Å². The molecule has 94 valence electrons. The highest BCUT2D eigenvalue weighted by Crippen LogP contribution is 2.33. The van der Waals surface area contributed by atoms with Crippen LogP contribution in [-0.4, -0.2) is 16.5 Å². The lowest BCUT2D eigenvalue weighted by molar-refractivity contribution is -0.112. The second kappa shape index (κ2) is 5.17. The Balaban J connectivity index is 2.30. The minimum absolute atomic E-state index is 0.0547. The largest absolute Gasteiger partial charge is 0.295 e. The molecule has 1 heterocycles. The van der Waals surface area contributed by atoms with Crippen LogP contribution >= 0.6 is 0 Å². The Hall–Kier alpha value is -1.90. The minimum atomic E-state index is 0.0547. The van der Waals surface area contributed by atoms with E-state index in [1.165, 1.54) is 5.56 Å². The van der Waals surface area contributed by atoms with Crippen molar-refractivity contribution >= 4 is 11.5 Å². The van der Waals surface area contributed by atoms with Gasteiger partial charge in [0.25, 0.3) is 0 Å². The lowest BCUT2D eigenvalue weighted by atomic mass is 10.0. The third-order valence-corrected chi connectivity index (χ3v) is 3.02. The molecule has 3 heteroatoms. The summed E-state index contributed by atoms with van der Waals surface area (Å²) < 4.78 is 0. The molecule has 2 rings (SSSR count). The molecule has 0 amide bonds. The van der Waals surface area contributed by atoms with Crippen molar-refractivity contribution in [3.8, 4) is 0 Å². The first-order chi connectivity index (χ1) is 8.58. The Morgan fingerprint density at radius 3 is 2.61 bits per heavy atom. The summed E-state index contributed by atoms with van der Waals surface area (Å²) in [6.45, 7) is 5.52. The van der Waals surface area contributed by atoms with Crippen molar-refractivity contribution in [3.05, 3.63) is 47.7 Å². The smallest absolute Gasteiger partial charge is 0.154 e. The maximum atomic E-state index is 11.2. The van der Waals surface area contributed by atoms with Crippen molar-refractivity contribution in [1.29, 1.82) is 0 Å². The average Bonchev–Trinajstić information content (AvgIpc) is 2.72. The van der Waals surface area contributed by atoms with Crippen LogP contribution in [0.3, 0.4) is 0 Å². The summed E-state index contributed by atoms with van der Waals surface area (Å²) >= 11 is 0. The molecule has 0 N–H and O–H groups in total. The molecule has 0 unspecified atom stereocenters. The fourth-order valence-electron chi connectivity index (χ4n) is 2.28. The van der Waals surface area contributed by atoms with Gasteiger partial charge in [-0.05, 0) is 26.3 Å². The molecule has 0 aliphatic carbocycles. The topological polar surface area (TPSA) is 32.7 Å². The molecule has 1 aliphatic rings. The molecular weight excluding hydrogens is 224 g/mol. The zero-order valence-corrected chi connectivity index (χ0v) is 11.1. The molecule has 1 aromatic rings. The van der Waals surface area contributed by atoms with Gasteiger partial charge in [0.2, 0.25) is 0 Å². The van der Waals surface area contributed by atoms with Gasteiger partial charge in [-0.3, -0.25) is 9.80 Å². The zero-order valence-electron chi connectivity index (χ0n) is 11.1. The molecule has 0 saturated carbocycles. The Morgan fingerprint density at radius 2 is 2.00 bits per heavy atom. The van der Waals surface area contributed by atoms with E-state index in [9.17, 15) is 4.79 Å². The standard InChI is InChI=1S/C15H18N2O/c1-11-9-15(14-7-5-4-6-8-14)17(16-11)12(2)10-13(3)18/h4-8,10,15H,9H2,1-3H3/t15-/m1/s1. The lowest BCUT2D eigenvalue weighted by Crippen LogP contribution is -2.18. The van der Waals surface area contributed by atoms with Crippen molar-refractivity contribution < 1.29 is 4.79 Å². The van der Waals surface area contributed by atoms with Crippen LogP contribution in [0.15, 0.2) is 47.2 Å². The molecule has 0 aromatic heterocycles. The molecule has 1 aromatic carbocycles. The molecular formula is C15H18N2O. The van der Waals surface area contributed by atoms with E-state index in [-0.39, 0.29) is 11.8 Å². The molecule has 0 bridgehead atoms. The number of rotatable bonds is 3. The summed E-state index contributed by atoms with van der Waals surface area (Å²) in [7, 11) is 0. The van der Waals surface area contributed by atoms with Gasteiger partial charge in [-0.2, -0.15) is 5.10 Å². The Bertz CT molecular complexity index is 502. The Kier molecular flexibility index (Phi) is 3.60. The van der Waals surface area contributed by atoms with Gasteiger partial charge in [-0.25, -0.2) is 0 Å². The van der Waals surface area contributed by atoms with Crippen molar-refractivity contribution in [2.24, 2.45) is 5.10 Å². The van der Waals surface area contributed by atoms with Gasteiger partial charge >= 0.3 is 0 Å². The number of carbonyl (C=O) groups excluding carboxylic acids is 1. The maximum absolute atomic E-state index is 11.2. The molecule has 1 atom stereocenters. The van der Waals surface area contributed by atoms with Gasteiger partial charge in [0.05, 0.1) is 6.04 Å². The number of allylic oxidation sites excluding steroid dienone is 2. The number of benzene rings is 1. The lowest BCUT2D eigenvalue weighted by Gasteiger charge is -2.24. The molecule has 0 spiro atoms. The Labute approximate surface area is 108 Å². The van der Waals surface area contributed by atoms with E-state index in [1.807, 2.05) is 37.1 Å². The molecule has 3 nitrogen and oxygen atoms in total. The van der Waals surface area contributed by atoms with Crippen LogP contribution in [0.5, 0.6) is 0 Å². The van der Waals surface area contributed by atoms with Crippen LogP contribution in [0.25, 0.3) is 0 Å². The normalized spacial score (nSPS) is 19.9. The first-order valence-corrected chi connectivity index (χ1v) is 6.15. The van der Waals surface area contributed by atoms with Crippen molar-refractivity contribution in [2.45, 2.75) is 33.2 Å². The fraction of sp³-hybridized carbons (Fsp3) is 0.333. The van der Waals surface area contributed by atoms with E-state index < -0.39 is 0 Å². The molecule has 1 aliphatic heterocycles. The minimum Gasteiger partial charge on any atom is -0.295 e. The number of hydrogen-bond donors (Lipinski definition) is 0. The van der Waals surface area contributed by atoms with E-state index in [0.29, 0.717) is 0 Å². The van der Waals surface area contributed by atoms with E-state index in [1.54, 1.807) is 13.0 Å². The average molecular weight is 242 g/mol. The van der Waals surface area contributed by atoms with Crippen LogP contribution in [0, 0.1) is 0 Å². The van der Waals surface area contributed by atoms with E-state index in [2.05, 4.69) is 17.2 Å². The highest BCUT2D eigenvalue weighted by molar-refractivity contribution is 5.88. The monoisotopic (exact) mass is 242 g/mol. The highest BCUT2D eigenvalue weighted by atomic mass is 16.1. The second-order valence-electron chi connectivity index (χ2n) is 4.71. The summed E-state index contributed by atoms with van der Waals surface area (Å²) in [4.78, 5) is 11.2. The number of hydrazone groups is 1. The van der Waals surface area contributed by atoms with Gasteiger partial charge in [-0.15, -0.1) is 0 Å². The highest BCUT2D eigenvalue weighted by Gasteiger charge is 2.26. The third kappa shape index (κ3) is 2.67. The van der Waals surface area contributed by atoms with Crippen LogP contribution in [-0.2, 0) is 4.79 Å². The maximum Gasteiger partial charge on any atom is 0.154 e. The summed E-state index contributed by atoms with van der Waals surface area (Å²) in [5.74, 6) is 0.0547. The molecule has 18 heavy (non-hydrogen) atoms. The number of nitrogens with zero attached hydrogens (tertiary/aromatic N) is 2.